The highest BCUT2D eigenvalue weighted by atomic mass is 32.1. The van der Waals surface area contributed by atoms with Crippen LogP contribution in [0.15, 0.2) is 59.3 Å². The van der Waals surface area contributed by atoms with Crippen molar-refractivity contribution in [1.82, 2.24) is 5.32 Å². The summed E-state index contributed by atoms with van der Waals surface area (Å²) in [6, 6.07) is 15.8. The Balaban J connectivity index is 1.41. The van der Waals surface area contributed by atoms with Gasteiger partial charge in [0.05, 0.1) is 0 Å². The van der Waals surface area contributed by atoms with Gasteiger partial charge in [-0.1, -0.05) is 42.5 Å². The highest BCUT2D eigenvalue weighted by Crippen LogP contribution is 2.19. The van der Waals surface area contributed by atoms with Gasteiger partial charge >= 0.3 is 5.97 Å². The topological polar surface area (TPSA) is 55.4 Å². The maximum atomic E-state index is 11.9. The summed E-state index contributed by atoms with van der Waals surface area (Å²) in [7, 11) is 0. The van der Waals surface area contributed by atoms with Crippen LogP contribution in [-0.2, 0) is 16.1 Å². The van der Waals surface area contributed by atoms with Crippen molar-refractivity contribution in [2.75, 3.05) is 6.54 Å². The van der Waals surface area contributed by atoms with Gasteiger partial charge in [0.25, 0.3) is 5.91 Å². The molecular weight excluding hydrogens is 334 g/mol. The van der Waals surface area contributed by atoms with Crippen molar-refractivity contribution in [3.63, 3.8) is 0 Å². The van der Waals surface area contributed by atoms with Crippen molar-refractivity contribution in [3.05, 3.63) is 70.4 Å². The molecule has 3 aromatic rings. The number of fused-ring (bicyclic) bond motifs is 1. The van der Waals surface area contributed by atoms with Crippen molar-refractivity contribution in [2.45, 2.75) is 19.4 Å². The van der Waals surface area contributed by atoms with Crippen LogP contribution in [0.5, 0.6) is 0 Å². The van der Waals surface area contributed by atoms with Crippen molar-refractivity contribution < 1.29 is 14.3 Å². The average molecular weight is 353 g/mol. The molecule has 0 fully saturated rings. The van der Waals surface area contributed by atoms with E-state index in [1.165, 1.54) is 11.3 Å². The number of esters is 1. The van der Waals surface area contributed by atoms with Gasteiger partial charge in [0.2, 0.25) is 0 Å². The summed E-state index contributed by atoms with van der Waals surface area (Å²) >= 11 is 1.48. The number of carbonyl (C=O) groups excluding carboxylic acids is 2. The molecule has 4 nitrogen and oxygen atoms in total. The van der Waals surface area contributed by atoms with Crippen LogP contribution in [-0.4, -0.2) is 18.4 Å². The summed E-state index contributed by atoms with van der Waals surface area (Å²) in [5, 5.41) is 8.69. The van der Waals surface area contributed by atoms with E-state index in [2.05, 4.69) is 5.32 Å². The van der Waals surface area contributed by atoms with Crippen LogP contribution in [0.3, 0.4) is 0 Å². The smallest absolute Gasteiger partial charge is 0.306 e. The molecule has 0 unspecified atom stereocenters. The summed E-state index contributed by atoms with van der Waals surface area (Å²) in [6.45, 7) is 0.722. The summed E-state index contributed by atoms with van der Waals surface area (Å²) in [5.74, 6) is -0.358. The molecule has 2 aromatic carbocycles. The predicted octanol–water partition coefficient (Wildman–Crippen LogP) is 4.15. The fraction of sp³-hybridized carbons (Fsp3) is 0.200. The zero-order chi connectivity index (χ0) is 17.5. The fourth-order valence-electron chi connectivity index (χ4n) is 2.58. The summed E-state index contributed by atoms with van der Waals surface area (Å²) in [6.07, 6.45) is 0.846. The Morgan fingerprint density at radius 3 is 2.72 bits per heavy atom. The molecule has 1 amide bonds. The number of carbonyl (C=O) groups is 2. The lowest BCUT2D eigenvalue weighted by Gasteiger charge is -2.08. The molecule has 0 aliphatic heterocycles. The summed E-state index contributed by atoms with van der Waals surface area (Å²) in [5.41, 5.74) is 1.65. The molecule has 0 spiro atoms. The lowest BCUT2D eigenvalue weighted by Crippen LogP contribution is -2.24. The van der Waals surface area contributed by atoms with E-state index in [4.69, 9.17) is 4.74 Å². The zero-order valence-electron chi connectivity index (χ0n) is 13.7. The SMILES string of the molecule is O=C(CCCNC(=O)c1ccsc1)OCc1cccc2ccccc12. The first-order chi connectivity index (χ1) is 12.2. The van der Waals surface area contributed by atoms with Crippen LogP contribution >= 0.6 is 11.3 Å². The number of rotatable bonds is 7. The van der Waals surface area contributed by atoms with E-state index in [-0.39, 0.29) is 24.9 Å². The molecule has 1 aromatic heterocycles. The zero-order valence-corrected chi connectivity index (χ0v) is 14.6. The van der Waals surface area contributed by atoms with Crippen molar-refractivity contribution in [2.24, 2.45) is 0 Å². The lowest BCUT2D eigenvalue weighted by molar-refractivity contribution is -0.145. The van der Waals surface area contributed by atoms with Gasteiger partial charge in [-0.3, -0.25) is 9.59 Å². The fourth-order valence-corrected chi connectivity index (χ4v) is 3.22. The Morgan fingerprint density at radius 2 is 1.88 bits per heavy atom. The molecule has 0 saturated carbocycles. The van der Waals surface area contributed by atoms with E-state index in [9.17, 15) is 9.59 Å². The minimum absolute atomic E-state index is 0.106. The molecule has 3 rings (SSSR count). The second kappa shape index (κ2) is 8.44. The molecule has 1 N–H and O–H groups in total. The van der Waals surface area contributed by atoms with Crippen molar-refractivity contribution >= 4 is 34.0 Å². The monoisotopic (exact) mass is 353 g/mol. The van der Waals surface area contributed by atoms with Crippen LogP contribution < -0.4 is 5.32 Å². The Bertz CT molecular complexity index is 853. The molecule has 25 heavy (non-hydrogen) atoms. The van der Waals surface area contributed by atoms with E-state index in [0.717, 1.165) is 16.3 Å². The number of hydrogen-bond donors (Lipinski definition) is 1. The molecule has 1 heterocycles. The molecule has 0 radical (unpaired) electrons. The molecule has 0 aliphatic carbocycles. The van der Waals surface area contributed by atoms with Gasteiger partial charge in [0.15, 0.2) is 0 Å². The van der Waals surface area contributed by atoms with Crippen LogP contribution in [0.25, 0.3) is 10.8 Å². The van der Waals surface area contributed by atoms with Gasteiger partial charge in [-0.15, -0.1) is 0 Å². The van der Waals surface area contributed by atoms with E-state index in [1.807, 2.05) is 47.8 Å². The first kappa shape index (κ1) is 17.2. The number of amides is 1. The number of benzene rings is 2. The maximum Gasteiger partial charge on any atom is 0.306 e. The molecule has 0 atom stereocenters. The van der Waals surface area contributed by atoms with Crippen LogP contribution in [0.4, 0.5) is 0 Å². The third-order valence-electron chi connectivity index (χ3n) is 3.90. The van der Waals surface area contributed by atoms with E-state index in [1.54, 1.807) is 11.4 Å². The van der Waals surface area contributed by atoms with E-state index in [0.29, 0.717) is 18.5 Å². The maximum absolute atomic E-state index is 11.9. The van der Waals surface area contributed by atoms with Gasteiger partial charge in [0, 0.05) is 23.9 Å². The van der Waals surface area contributed by atoms with Gasteiger partial charge < -0.3 is 10.1 Å². The second-order valence-electron chi connectivity index (χ2n) is 5.67. The Labute approximate surface area is 150 Å². The quantitative estimate of drug-likeness (QED) is 0.513. The van der Waals surface area contributed by atoms with Crippen molar-refractivity contribution in [1.29, 1.82) is 0 Å². The molecule has 128 valence electrons. The van der Waals surface area contributed by atoms with Gasteiger partial charge in [-0.2, -0.15) is 11.3 Å². The lowest BCUT2D eigenvalue weighted by atomic mass is 10.1. The minimum Gasteiger partial charge on any atom is -0.461 e. The van der Waals surface area contributed by atoms with Crippen LogP contribution in [0.2, 0.25) is 0 Å². The summed E-state index contributed by atoms with van der Waals surface area (Å²) < 4.78 is 5.37. The number of thiophene rings is 1. The third kappa shape index (κ3) is 4.67. The van der Waals surface area contributed by atoms with Gasteiger partial charge in [0.1, 0.15) is 6.61 Å². The first-order valence-corrected chi connectivity index (χ1v) is 9.11. The molecule has 5 heteroatoms. The Kier molecular flexibility index (Phi) is 5.80. The summed E-state index contributed by atoms with van der Waals surface area (Å²) in [4.78, 5) is 23.7. The van der Waals surface area contributed by atoms with Crippen molar-refractivity contribution in [3.8, 4) is 0 Å². The average Bonchev–Trinajstić information content (AvgIpc) is 3.18. The van der Waals surface area contributed by atoms with E-state index < -0.39 is 0 Å². The molecular formula is C20H19NO3S. The van der Waals surface area contributed by atoms with E-state index >= 15 is 0 Å². The minimum atomic E-state index is -0.252. The normalized spacial score (nSPS) is 10.6. The number of nitrogens with one attached hydrogen (secondary N) is 1. The standard InChI is InChI=1S/C20H19NO3S/c22-19(9-4-11-21-20(23)17-10-12-25-14-17)24-13-16-7-3-6-15-5-1-2-8-18(15)16/h1-3,5-8,10,12,14H,4,9,11,13H2,(H,21,23). The van der Waals surface area contributed by atoms with Gasteiger partial charge in [-0.25, -0.2) is 0 Å². The Morgan fingerprint density at radius 1 is 1.04 bits per heavy atom. The highest BCUT2D eigenvalue weighted by Gasteiger charge is 2.08. The molecule has 0 aliphatic rings. The number of hydrogen-bond acceptors (Lipinski definition) is 4. The number of ether oxygens (including phenoxy) is 1. The predicted molar refractivity (Wildman–Crippen MR) is 99.6 cm³/mol. The van der Waals surface area contributed by atoms with Crippen LogP contribution in [0, 0.1) is 0 Å². The highest BCUT2D eigenvalue weighted by molar-refractivity contribution is 7.08. The Hall–Kier alpha value is -2.66. The largest absolute Gasteiger partial charge is 0.461 e. The second-order valence-corrected chi connectivity index (χ2v) is 6.45. The molecule has 0 saturated heterocycles. The third-order valence-corrected chi connectivity index (χ3v) is 4.58. The van der Waals surface area contributed by atoms with Gasteiger partial charge in [-0.05, 0) is 34.2 Å². The van der Waals surface area contributed by atoms with Crippen LogP contribution in [0.1, 0.15) is 28.8 Å². The molecule has 0 bridgehead atoms. The first-order valence-electron chi connectivity index (χ1n) is 8.17.